The van der Waals surface area contributed by atoms with Crippen molar-refractivity contribution in [3.63, 3.8) is 0 Å². The number of ether oxygens (including phenoxy) is 1. The molecule has 7 heteroatoms. The number of halogens is 6. The van der Waals surface area contributed by atoms with Gasteiger partial charge in [0.2, 0.25) is 0 Å². The summed E-state index contributed by atoms with van der Waals surface area (Å²) in [4.78, 5) is 0. The van der Waals surface area contributed by atoms with Crippen molar-refractivity contribution in [3.8, 4) is 5.75 Å². The van der Waals surface area contributed by atoms with Gasteiger partial charge in [-0.25, -0.2) is 13.2 Å². The summed E-state index contributed by atoms with van der Waals surface area (Å²) in [5.41, 5.74) is -0.235. The molecule has 1 nitrogen and oxygen atoms in total. The molecule has 0 N–H and O–H groups in total. The van der Waals surface area contributed by atoms with Crippen LogP contribution in [0.4, 0.5) is 22.0 Å². The molecule has 0 aromatic heterocycles. The molecule has 0 fully saturated rings. The predicted molar refractivity (Wildman–Crippen MR) is 109 cm³/mol. The molecule has 0 bridgehead atoms. The van der Waals surface area contributed by atoms with E-state index >= 15 is 8.78 Å². The van der Waals surface area contributed by atoms with Crippen molar-refractivity contribution < 1.29 is 26.7 Å². The van der Waals surface area contributed by atoms with Gasteiger partial charge in [0.05, 0.1) is 0 Å². The Hall–Kier alpha value is -1.82. The monoisotopic (exact) mass is 448 g/mol. The lowest BCUT2D eigenvalue weighted by molar-refractivity contribution is -0.0522. The Morgan fingerprint density at radius 1 is 0.900 bits per heavy atom. The molecule has 2 aromatic rings. The van der Waals surface area contributed by atoms with Gasteiger partial charge in [-0.05, 0) is 52.6 Å². The first-order valence-corrected chi connectivity index (χ1v) is 9.94. The minimum atomic E-state index is -3.20. The zero-order chi connectivity index (χ0) is 22.9. The standard InChI is InChI=1S/C23H26ClF5O/c1-21(2,3)14-6-8-17(24)16(12-14)23(28,29)11-10-22(4,5)15-7-9-18(25)19(13-15)30-20(26)27/h6-9,12-13,20H,10-11H2,1-5H3. The van der Waals surface area contributed by atoms with Gasteiger partial charge in [0.25, 0.3) is 5.92 Å². The molecule has 2 rings (SSSR count). The molecule has 0 amide bonds. The highest BCUT2D eigenvalue weighted by atomic mass is 35.5. The zero-order valence-corrected chi connectivity index (χ0v) is 18.4. The SMILES string of the molecule is CC(C)(C)c1ccc(Cl)c(C(F)(F)CCC(C)(C)c2ccc(F)c(OC(F)F)c2)c1. The topological polar surface area (TPSA) is 9.23 Å². The van der Waals surface area contributed by atoms with Crippen LogP contribution in [-0.4, -0.2) is 6.61 Å². The minimum Gasteiger partial charge on any atom is -0.432 e. The van der Waals surface area contributed by atoms with Gasteiger partial charge in [0, 0.05) is 17.0 Å². The number of alkyl halides is 4. The second-order valence-electron chi connectivity index (χ2n) is 9.06. The van der Waals surface area contributed by atoms with Gasteiger partial charge >= 0.3 is 6.61 Å². The van der Waals surface area contributed by atoms with Crippen LogP contribution in [0.15, 0.2) is 36.4 Å². The Labute approximate surface area is 179 Å². The van der Waals surface area contributed by atoms with Crippen LogP contribution >= 0.6 is 11.6 Å². The molecular weight excluding hydrogens is 423 g/mol. The minimum absolute atomic E-state index is 0.00975. The van der Waals surface area contributed by atoms with E-state index < -0.39 is 35.9 Å². The summed E-state index contributed by atoms with van der Waals surface area (Å²) in [7, 11) is 0. The maximum atomic E-state index is 15.1. The first-order valence-electron chi connectivity index (χ1n) is 9.57. The van der Waals surface area contributed by atoms with Crippen molar-refractivity contribution in [2.24, 2.45) is 0 Å². The Morgan fingerprint density at radius 3 is 2.07 bits per heavy atom. The van der Waals surface area contributed by atoms with E-state index in [1.54, 1.807) is 19.9 Å². The van der Waals surface area contributed by atoms with Gasteiger partial charge in [0.1, 0.15) is 0 Å². The third kappa shape index (κ3) is 5.87. The van der Waals surface area contributed by atoms with E-state index in [9.17, 15) is 13.2 Å². The van der Waals surface area contributed by atoms with Crippen LogP contribution in [-0.2, 0) is 16.8 Å². The van der Waals surface area contributed by atoms with Gasteiger partial charge in [-0.1, -0.05) is 58.4 Å². The van der Waals surface area contributed by atoms with Gasteiger partial charge in [0.15, 0.2) is 11.6 Å². The van der Waals surface area contributed by atoms with Crippen molar-refractivity contribution in [2.75, 3.05) is 0 Å². The van der Waals surface area contributed by atoms with Crippen LogP contribution < -0.4 is 4.74 Å². The van der Waals surface area contributed by atoms with E-state index in [1.807, 2.05) is 20.8 Å². The lowest BCUT2D eigenvalue weighted by Crippen LogP contribution is -2.24. The highest BCUT2D eigenvalue weighted by molar-refractivity contribution is 6.31. The van der Waals surface area contributed by atoms with Crippen LogP contribution in [0.3, 0.4) is 0 Å². The van der Waals surface area contributed by atoms with E-state index in [2.05, 4.69) is 4.74 Å². The predicted octanol–water partition coefficient (Wildman–Crippen LogP) is 8.23. The van der Waals surface area contributed by atoms with Crippen LogP contribution in [0.2, 0.25) is 5.02 Å². The molecule has 2 aromatic carbocycles. The quantitative estimate of drug-likeness (QED) is 0.387. The smallest absolute Gasteiger partial charge is 0.387 e. The van der Waals surface area contributed by atoms with Crippen LogP contribution in [0.25, 0.3) is 0 Å². The Bertz CT molecular complexity index is 888. The Kier molecular flexibility index (Phi) is 7.12. The summed E-state index contributed by atoms with van der Waals surface area (Å²) in [6, 6.07) is 8.16. The Balaban J connectivity index is 2.27. The number of hydrogen-bond acceptors (Lipinski definition) is 1. The van der Waals surface area contributed by atoms with E-state index in [0.29, 0.717) is 5.56 Å². The van der Waals surface area contributed by atoms with Crippen molar-refractivity contribution in [2.45, 2.75) is 70.8 Å². The van der Waals surface area contributed by atoms with Crippen molar-refractivity contribution in [3.05, 3.63) is 63.9 Å². The van der Waals surface area contributed by atoms with Crippen molar-refractivity contribution >= 4 is 11.6 Å². The summed E-state index contributed by atoms with van der Waals surface area (Å²) in [6.45, 7) is 5.98. The number of benzene rings is 2. The summed E-state index contributed by atoms with van der Waals surface area (Å²) in [5.74, 6) is -4.74. The van der Waals surface area contributed by atoms with Gasteiger partial charge in [-0.3, -0.25) is 0 Å². The second-order valence-corrected chi connectivity index (χ2v) is 9.46. The summed E-state index contributed by atoms with van der Waals surface area (Å²) in [5, 5.41) is -0.0137. The molecule has 166 valence electrons. The summed E-state index contributed by atoms with van der Waals surface area (Å²) >= 11 is 6.08. The molecule has 0 spiro atoms. The fraction of sp³-hybridized carbons (Fsp3) is 0.478. The van der Waals surface area contributed by atoms with E-state index in [1.165, 1.54) is 18.2 Å². The van der Waals surface area contributed by atoms with Crippen molar-refractivity contribution in [1.29, 1.82) is 0 Å². The number of hydrogen-bond donors (Lipinski definition) is 0. The molecule has 0 atom stereocenters. The second kappa shape index (κ2) is 8.74. The first kappa shape index (κ1) is 24.4. The first-order chi connectivity index (χ1) is 13.6. The molecule has 0 aliphatic carbocycles. The van der Waals surface area contributed by atoms with Gasteiger partial charge in [-0.2, -0.15) is 8.78 Å². The molecular formula is C23H26ClF5O. The average molecular weight is 449 g/mol. The maximum absolute atomic E-state index is 15.1. The molecule has 0 unspecified atom stereocenters. The zero-order valence-electron chi connectivity index (χ0n) is 17.6. The lowest BCUT2D eigenvalue weighted by Gasteiger charge is -2.29. The molecule has 0 radical (unpaired) electrons. The highest BCUT2D eigenvalue weighted by Gasteiger charge is 2.37. The van der Waals surface area contributed by atoms with Crippen LogP contribution in [0.1, 0.15) is 64.2 Å². The molecule has 0 heterocycles. The van der Waals surface area contributed by atoms with E-state index in [0.717, 1.165) is 17.7 Å². The maximum Gasteiger partial charge on any atom is 0.387 e. The summed E-state index contributed by atoms with van der Waals surface area (Å²) < 4.78 is 73.0. The highest BCUT2D eigenvalue weighted by Crippen LogP contribution is 2.43. The fourth-order valence-electron chi connectivity index (χ4n) is 3.13. The van der Waals surface area contributed by atoms with Crippen LogP contribution in [0, 0.1) is 5.82 Å². The van der Waals surface area contributed by atoms with Gasteiger partial charge in [-0.15, -0.1) is 0 Å². The molecule has 0 saturated heterocycles. The fourth-order valence-corrected chi connectivity index (χ4v) is 3.39. The molecule has 0 saturated carbocycles. The third-order valence-corrected chi connectivity index (χ3v) is 5.55. The molecule has 0 aliphatic heterocycles. The van der Waals surface area contributed by atoms with E-state index in [4.69, 9.17) is 11.6 Å². The van der Waals surface area contributed by atoms with E-state index in [-0.39, 0.29) is 22.4 Å². The third-order valence-electron chi connectivity index (χ3n) is 5.22. The van der Waals surface area contributed by atoms with Crippen LogP contribution in [0.5, 0.6) is 5.75 Å². The Morgan fingerprint density at radius 2 is 1.50 bits per heavy atom. The molecule has 30 heavy (non-hydrogen) atoms. The largest absolute Gasteiger partial charge is 0.432 e. The van der Waals surface area contributed by atoms with Gasteiger partial charge < -0.3 is 4.74 Å². The number of rotatable bonds is 7. The summed E-state index contributed by atoms with van der Waals surface area (Å²) in [6.07, 6.45) is -0.508. The molecule has 0 aliphatic rings. The van der Waals surface area contributed by atoms with Crippen molar-refractivity contribution in [1.82, 2.24) is 0 Å². The lowest BCUT2D eigenvalue weighted by atomic mass is 9.78. The average Bonchev–Trinajstić information content (AvgIpc) is 2.61. The normalized spacial score (nSPS) is 13.1.